The van der Waals surface area contributed by atoms with Crippen molar-refractivity contribution in [2.75, 3.05) is 6.54 Å². The van der Waals surface area contributed by atoms with E-state index in [4.69, 9.17) is 0 Å². The average Bonchev–Trinajstić information content (AvgIpc) is 2.54. The Labute approximate surface area is 97.4 Å². The third-order valence-electron chi connectivity index (χ3n) is 3.06. The van der Waals surface area contributed by atoms with Crippen molar-refractivity contribution in [1.29, 1.82) is 0 Å². The molecule has 1 aliphatic heterocycles. The van der Waals surface area contributed by atoms with Gasteiger partial charge in [0.05, 0.1) is 0 Å². The fourth-order valence-electron chi connectivity index (χ4n) is 2.30. The largest absolute Gasteiger partial charge is 0.341 e. The van der Waals surface area contributed by atoms with Crippen molar-refractivity contribution >= 4 is 26.8 Å². The summed E-state index contributed by atoms with van der Waals surface area (Å²) in [5.74, 6) is 0. The zero-order chi connectivity index (χ0) is 10.4. The maximum absolute atomic E-state index is 3.70. The molecular weight excluding hydrogens is 252 g/mol. The van der Waals surface area contributed by atoms with Gasteiger partial charge in [-0.3, -0.25) is 0 Å². The van der Waals surface area contributed by atoms with E-state index < -0.39 is 0 Å². The Morgan fingerprint density at radius 2 is 2.27 bits per heavy atom. The average molecular weight is 265 g/mol. The number of nitrogens with one attached hydrogen (secondary N) is 1. The van der Waals surface area contributed by atoms with Crippen molar-refractivity contribution in [3.05, 3.63) is 33.9 Å². The molecule has 2 aromatic rings. The van der Waals surface area contributed by atoms with E-state index in [9.17, 15) is 0 Å². The van der Waals surface area contributed by atoms with Crippen LogP contribution < -0.4 is 5.32 Å². The molecule has 2 heterocycles. The summed E-state index contributed by atoms with van der Waals surface area (Å²) in [4.78, 5) is 0. The lowest BCUT2D eigenvalue weighted by atomic mass is 10.2. The number of benzene rings is 1. The van der Waals surface area contributed by atoms with Gasteiger partial charge in [0.25, 0.3) is 0 Å². The highest BCUT2D eigenvalue weighted by Gasteiger charge is 2.17. The van der Waals surface area contributed by atoms with Crippen LogP contribution in [0.2, 0.25) is 0 Å². The van der Waals surface area contributed by atoms with Crippen LogP contribution in [-0.2, 0) is 13.1 Å². The number of aryl methyl sites for hydroxylation is 1. The zero-order valence-corrected chi connectivity index (χ0v) is 10.3. The van der Waals surface area contributed by atoms with Gasteiger partial charge in [0.2, 0.25) is 0 Å². The SMILES string of the molecule is Cc1ccc2c(Br)c3n(c2c1)CCNC3. The van der Waals surface area contributed by atoms with Gasteiger partial charge in [-0.05, 0) is 34.5 Å². The Morgan fingerprint density at radius 1 is 1.40 bits per heavy atom. The summed E-state index contributed by atoms with van der Waals surface area (Å²) in [5, 5.41) is 4.74. The first-order valence-corrected chi connectivity index (χ1v) is 6.04. The monoisotopic (exact) mass is 264 g/mol. The summed E-state index contributed by atoms with van der Waals surface area (Å²) in [6.45, 7) is 5.25. The number of hydrogen-bond acceptors (Lipinski definition) is 1. The molecule has 15 heavy (non-hydrogen) atoms. The second-order valence-electron chi connectivity index (χ2n) is 4.11. The van der Waals surface area contributed by atoms with Gasteiger partial charge in [-0.15, -0.1) is 0 Å². The summed E-state index contributed by atoms with van der Waals surface area (Å²) >= 11 is 3.70. The highest BCUT2D eigenvalue weighted by molar-refractivity contribution is 9.10. The molecule has 0 unspecified atom stereocenters. The van der Waals surface area contributed by atoms with Crippen LogP contribution >= 0.6 is 15.9 Å². The fraction of sp³-hybridized carbons (Fsp3) is 0.333. The minimum Gasteiger partial charge on any atom is -0.341 e. The Balaban J connectivity index is 2.39. The molecule has 0 saturated heterocycles. The van der Waals surface area contributed by atoms with E-state index in [-0.39, 0.29) is 0 Å². The first kappa shape index (κ1) is 9.43. The zero-order valence-electron chi connectivity index (χ0n) is 8.68. The number of hydrogen-bond donors (Lipinski definition) is 1. The van der Waals surface area contributed by atoms with Crippen molar-refractivity contribution in [1.82, 2.24) is 9.88 Å². The first-order chi connectivity index (χ1) is 7.27. The van der Waals surface area contributed by atoms with Crippen LogP contribution in [0, 0.1) is 6.92 Å². The maximum Gasteiger partial charge on any atom is 0.0497 e. The first-order valence-electron chi connectivity index (χ1n) is 5.25. The summed E-state index contributed by atoms with van der Waals surface area (Å²) < 4.78 is 3.67. The molecule has 1 aromatic carbocycles. The number of aromatic nitrogens is 1. The third-order valence-corrected chi connectivity index (χ3v) is 3.95. The molecule has 0 aliphatic carbocycles. The minimum absolute atomic E-state index is 0.967. The smallest absolute Gasteiger partial charge is 0.0497 e. The molecule has 3 rings (SSSR count). The van der Waals surface area contributed by atoms with Crippen molar-refractivity contribution in [3.63, 3.8) is 0 Å². The molecule has 0 fully saturated rings. The summed E-state index contributed by atoms with van der Waals surface area (Å²) in [5.41, 5.74) is 4.06. The molecule has 0 amide bonds. The standard InChI is InChI=1S/C12H13BrN2/c1-8-2-3-9-10(6-8)15-5-4-14-7-11(15)12(9)13/h2-3,6,14H,4-5,7H2,1H3. The minimum atomic E-state index is 0.967. The van der Waals surface area contributed by atoms with E-state index in [1.54, 1.807) is 0 Å². The van der Waals surface area contributed by atoms with E-state index in [0.29, 0.717) is 0 Å². The Morgan fingerprint density at radius 3 is 3.13 bits per heavy atom. The quantitative estimate of drug-likeness (QED) is 0.775. The molecular formula is C12H13BrN2. The van der Waals surface area contributed by atoms with Crippen LogP contribution in [-0.4, -0.2) is 11.1 Å². The molecule has 0 atom stereocenters. The molecule has 1 N–H and O–H groups in total. The summed E-state index contributed by atoms with van der Waals surface area (Å²) in [7, 11) is 0. The molecule has 78 valence electrons. The van der Waals surface area contributed by atoms with Gasteiger partial charge in [-0.1, -0.05) is 12.1 Å². The van der Waals surface area contributed by atoms with Crippen LogP contribution in [0.1, 0.15) is 11.3 Å². The molecule has 1 aliphatic rings. The lowest BCUT2D eigenvalue weighted by Gasteiger charge is -2.17. The van der Waals surface area contributed by atoms with Gasteiger partial charge in [0, 0.05) is 40.7 Å². The van der Waals surface area contributed by atoms with Crippen molar-refractivity contribution < 1.29 is 0 Å². The molecule has 3 heteroatoms. The topological polar surface area (TPSA) is 17.0 Å². The van der Waals surface area contributed by atoms with E-state index in [2.05, 4.69) is 50.9 Å². The highest BCUT2D eigenvalue weighted by atomic mass is 79.9. The highest BCUT2D eigenvalue weighted by Crippen LogP contribution is 2.32. The van der Waals surface area contributed by atoms with Crippen molar-refractivity contribution in [2.45, 2.75) is 20.0 Å². The molecule has 0 bridgehead atoms. The molecule has 0 saturated carbocycles. The lowest BCUT2D eigenvalue weighted by Crippen LogP contribution is -2.27. The van der Waals surface area contributed by atoms with Gasteiger partial charge in [0.15, 0.2) is 0 Å². The molecule has 2 nitrogen and oxygen atoms in total. The van der Waals surface area contributed by atoms with Gasteiger partial charge < -0.3 is 9.88 Å². The van der Waals surface area contributed by atoms with Crippen LogP contribution in [0.3, 0.4) is 0 Å². The number of nitrogens with zero attached hydrogens (tertiary/aromatic N) is 1. The van der Waals surface area contributed by atoms with Gasteiger partial charge in [-0.2, -0.15) is 0 Å². The summed E-state index contributed by atoms with van der Waals surface area (Å²) in [6, 6.07) is 6.65. The molecule has 1 aromatic heterocycles. The predicted molar refractivity (Wildman–Crippen MR) is 66.1 cm³/mol. The van der Waals surface area contributed by atoms with E-state index in [1.807, 2.05) is 0 Å². The van der Waals surface area contributed by atoms with Crippen LogP contribution in [0.25, 0.3) is 10.9 Å². The maximum atomic E-state index is 3.70. The molecule has 0 radical (unpaired) electrons. The van der Waals surface area contributed by atoms with Crippen molar-refractivity contribution in [3.8, 4) is 0 Å². The number of rotatable bonds is 0. The van der Waals surface area contributed by atoms with Crippen LogP contribution in [0.5, 0.6) is 0 Å². The predicted octanol–water partition coefficient (Wildman–Crippen LogP) is 2.82. The van der Waals surface area contributed by atoms with E-state index in [0.717, 1.165) is 19.6 Å². The second-order valence-corrected chi connectivity index (χ2v) is 4.90. The van der Waals surface area contributed by atoms with Crippen LogP contribution in [0.15, 0.2) is 22.7 Å². The van der Waals surface area contributed by atoms with E-state index in [1.165, 1.54) is 26.6 Å². The van der Waals surface area contributed by atoms with Crippen LogP contribution in [0.4, 0.5) is 0 Å². The number of fused-ring (bicyclic) bond motifs is 3. The molecule has 0 spiro atoms. The normalized spacial score (nSPS) is 15.6. The van der Waals surface area contributed by atoms with Gasteiger partial charge in [0.1, 0.15) is 0 Å². The Bertz CT molecular complexity index is 528. The van der Waals surface area contributed by atoms with Gasteiger partial charge in [-0.25, -0.2) is 0 Å². The Kier molecular flexibility index (Phi) is 2.11. The third kappa shape index (κ3) is 1.34. The second kappa shape index (κ2) is 3.35. The van der Waals surface area contributed by atoms with E-state index >= 15 is 0 Å². The summed E-state index contributed by atoms with van der Waals surface area (Å²) in [6.07, 6.45) is 0. The van der Waals surface area contributed by atoms with Gasteiger partial charge >= 0.3 is 0 Å². The fourth-order valence-corrected chi connectivity index (χ4v) is 2.99. The Hall–Kier alpha value is -0.800. The number of halogens is 1. The lowest BCUT2D eigenvalue weighted by molar-refractivity contribution is 0.525. The van der Waals surface area contributed by atoms with Crippen molar-refractivity contribution in [2.24, 2.45) is 0 Å².